The molecule has 1 heterocycles. The van der Waals surface area contributed by atoms with Gasteiger partial charge in [-0.15, -0.1) is 0 Å². The van der Waals surface area contributed by atoms with Gasteiger partial charge in [0.15, 0.2) is 0 Å². The maximum absolute atomic E-state index is 11.1. The number of amides is 2. The summed E-state index contributed by atoms with van der Waals surface area (Å²) in [7, 11) is 0. The van der Waals surface area contributed by atoms with Crippen molar-refractivity contribution in [3.8, 4) is 0 Å². The van der Waals surface area contributed by atoms with E-state index in [0.717, 1.165) is 16.7 Å². The fourth-order valence-corrected chi connectivity index (χ4v) is 1.79. The molecule has 0 atom stereocenters. The summed E-state index contributed by atoms with van der Waals surface area (Å²) in [4.78, 5) is 34.2. The Hall–Kier alpha value is -1.04. The van der Waals surface area contributed by atoms with Crippen molar-refractivity contribution >= 4 is 28.9 Å². The van der Waals surface area contributed by atoms with Gasteiger partial charge in [0.1, 0.15) is 0 Å². The molecular formula is C8H11NO4S. The second kappa shape index (κ2) is 4.99. The molecule has 14 heavy (non-hydrogen) atoms. The molecule has 0 aromatic heterocycles. The predicted octanol–water partition coefficient (Wildman–Crippen LogP) is 0.635. The number of ether oxygens (including phenoxy) is 1. The standard InChI is InChI=1S/C8H11NO4S/c1-2-13-7(11)3-4-9-6(10)5-14-8(9)12/h2-5H2,1H3. The fraction of sp³-hybridized carbons (Fsp3) is 0.625. The van der Waals surface area contributed by atoms with Gasteiger partial charge in [0.25, 0.3) is 5.24 Å². The van der Waals surface area contributed by atoms with E-state index in [0.29, 0.717) is 6.61 Å². The summed E-state index contributed by atoms with van der Waals surface area (Å²) in [6, 6.07) is 0. The van der Waals surface area contributed by atoms with Gasteiger partial charge in [0.05, 0.1) is 18.8 Å². The molecule has 1 saturated heterocycles. The van der Waals surface area contributed by atoms with E-state index < -0.39 is 0 Å². The molecular weight excluding hydrogens is 206 g/mol. The molecule has 0 aromatic rings. The highest BCUT2D eigenvalue weighted by Crippen LogP contribution is 2.18. The SMILES string of the molecule is CCOC(=O)CCN1C(=O)CSC1=O. The Morgan fingerprint density at radius 2 is 2.29 bits per heavy atom. The van der Waals surface area contributed by atoms with Crippen molar-refractivity contribution in [3.05, 3.63) is 0 Å². The highest BCUT2D eigenvalue weighted by Gasteiger charge is 2.29. The lowest BCUT2D eigenvalue weighted by molar-refractivity contribution is -0.143. The van der Waals surface area contributed by atoms with Crippen molar-refractivity contribution in [2.75, 3.05) is 18.9 Å². The topological polar surface area (TPSA) is 63.7 Å². The van der Waals surface area contributed by atoms with Crippen LogP contribution in [0.25, 0.3) is 0 Å². The lowest BCUT2D eigenvalue weighted by atomic mass is 10.4. The number of esters is 1. The molecule has 1 rings (SSSR count). The molecule has 0 radical (unpaired) electrons. The Morgan fingerprint density at radius 3 is 2.79 bits per heavy atom. The van der Waals surface area contributed by atoms with Gasteiger partial charge in [-0.05, 0) is 6.92 Å². The molecule has 0 unspecified atom stereocenters. The number of nitrogens with zero attached hydrogens (tertiary/aromatic N) is 1. The van der Waals surface area contributed by atoms with E-state index in [1.54, 1.807) is 6.92 Å². The molecule has 0 bridgehead atoms. The number of imide groups is 1. The molecule has 0 aromatic carbocycles. The normalized spacial score (nSPS) is 16.2. The maximum atomic E-state index is 11.1. The first kappa shape index (κ1) is 11.0. The van der Waals surface area contributed by atoms with Crippen molar-refractivity contribution in [3.63, 3.8) is 0 Å². The van der Waals surface area contributed by atoms with E-state index in [4.69, 9.17) is 0 Å². The van der Waals surface area contributed by atoms with Gasteiger partial charge >= 0.3 is 5.97 Å². The molecule has 2 amide bonds. The van der Waals surface area contributed by atoms with Crippen molar-refractivity contribution in [1.82, 2.24) is 4.90 Å². The number of thioether (sulfide) groups is 1. The first-order valence-corrected chi connectivity index (χ1v) is 5.26. The fourth-order valence-electron chi connectivity index (χ4n) is 1.03. The van der Waals surface area contributed by atoms with E-state index >= 15 is 0 Å². The van der Waals surface area contributed by atoms with Gasteiger partial charge in [-0.25, -0.2) is 0 Å². The third-order valence-electron chi connectivity index (χ3n) is 1.69. The number of carbonyl (C=O) groups excluding carboxylic acids is 3. The maximum Gasteiger partial charge on any atom is 0.307 e. The highest BCUT2D eigenvalue weighted by molar-refractivity contribution is 8.14. The lowest BCUT2D eigenvalue weighted by Gasteiger charge is -2.11. The van der Waals surface area contributed by atoms with Gasteiger partial charge in [-0.1, -0.05) is 11.8 Å². The number of carbonyl (C=O) groups is 3. The zero-order valence-electron chi connectivity index (χ0n) is 7.82. The Balaban J connectivity index is 2.33. The van der Waals surface area contributed by atoms with E-state index in [1.165, 1.54) is 0 Å². The molecule has 78 valence electrons. The van der Waals surface area contributed by atoms with Gasteiger partial charge in [-0.3, -0.25) is 19.3 Å². The third kappa shape index (κ3) is 2.73. The van der Waals surface area contributed by atoms with Crippen LogP contribution in [0.2, 0.25) is 0 Å². The van der Waals surface area contributed by atoms with Gasteiger partial charge in [0, 0.05) is 6.54 Å². The minimum atomic E-state index is -0.384. The summed E-state index contributed by atoms with van der Waals surface area (Å²) in [5.41, 5.74) is 0. The minimum Gasteiger partial charge on any atom is -0.466 e. The summed E-state index contributed by atoms with van der Waals surface area (Å²) in [6.07, 6.45) is 0.0753. The average Bonchev–Trinajstić information content (AvgIpc) is 2.44. The van der Waals surface area contributed by atoms with Gasteiger partial charge in [0.2, 0.25) is 5.91 Å². The zero-order chi connectivity index (χ0) is 10.6. The quantitative estimate of drug-likeness (QED) is 0.646. The molecule has 0 N–H and O–H groups in total. The zero-order valence-corrected chi connectivity index (χ0v) is 8.63. The number of rotatable bonds is 4. The van der Waals surface area contributed by atoms with Crippen LogP contribution in [0.3, 0.4) is 0 Å². The molecule has 0 aliphatic carbocycles. The van der Waals surface area contributed by atoms with Crippen LogP contribution >= 0.6 is 11.8 Å². The Kier molecular flexibility index (Phi) is 3.94. The summed E-state index contributed by atoms with van der Waals surface area (Å²) in [5.74, 6) is -0.434. The van der Waals surface area contributed by atoms with Crippen LogP contribution < -0.4 is 0 Å². The lowest BCUT2D eigenvalue weighted by Crippen LogP contribution is -2.31. The monoisotopic (exact) mass is 217 g/mol. The Bertz CT molecular complexity index is 250. The Morgan fingerprint density at radius 1 is 1.57 bits per heavy atom. The minimum absolute atomic E-state index is 0.0753. The summed E-state index contributed by atoms with van der Waals surface area (Å²) in [5, 5.41) is -0.278. The molecule has 5 nitrogen and oxygen atoms in total. The average molecular weight is 217 g/mol. The Labute approximate surface area is 85.8 Å². The van der Waals surface area contributed by atoms with Crippen LogP contribution in [0, 0.1) is 0 Å². The molecule has 1 fully saturated rings. The second-order valence-corrected chi connectivity index (χ2v) is 3.58. The van der Waals surface area contributed by atoms with E-state index in [1.807, 2.05) is 0 Å². The van der Waals surface area contributed by atoms with E-state index in [9.17, 15) is 14.4 Å². The van der Waals surface area contributed by atoms with Crippen LogP contribution in [0.5, 0.6) is 0 Å². The van der Waals surface area contributed by atoms with Crippen LogP contribution in [-0.4, -0.2) is 40.9 Å². The number of hydrogen-bond acceptors (Lipinski definition) is 5. The van der Waals surface area contributed by atoms with Crippen LogP contribution in [0.15, 0.2) is 0 Å². The predicted molar refractivity (Wildman–Crippen MR) is 50.8 cm³/mol. The van der Waals surface area contributed by atoms with E-state index in [2.05, 4.69) is 4.74 Å². The largest absolute Gasteiger partial charge is 0.466 e. The van der Waals surface area contributed by atoms with Crippen LogP contribution in [0.4, 0.5) is 4.79 Å². The van der Waals surface area contributed by atoms with Gasteiger partial charge in [-0.2, -0.15) is 0 Å². The number of hydrogen-bond donors (Lipinski definition) is 0. The van der Waals surface area contributed by atoms with Crippen molar-refractivity contribution < 1.29 is 19.1 Å². The molecule has 1 aliphatic rings. The first-order chi connectivity index (χ1) is 6.65. The van der Waals surface area contributed by atoms with Crippen LogP contribution in [0.1, 0.15) is 13.3 Å². The molecule has 1 aliphatic heterocycles. The van der Waals surface area contributed by atoms with Crippen molar-refractivity contribution in [2.45, 2.75) is 13.3 Å². The summed E-state index contributed by atoms with van der Waals surface area (Å²) < 4.78 is 4.68. The first-order valence-electron chi connectivity index (χ1n) is 4.28. The van der Waals surface area contributed by atoms with Gasteiger partial charge < -0.3 is 4.74 Å². The molecule has 0 saturated carbocycles. The summed E-state index contributed by atoms with van der Waals surface area (Å²) in [6.45, 7) is 2.15. The second-order valence-electron chi connectivity index (χ2n) is 2.65. The third-order valence-corrected chi connectivity index (χ3v) is 2.54. The molecule has 6 heteroatoms. The van der Waals surface area contributed by atoms with Crippen molar-refractivity contribution in [2.24, 2.45) is 0 Å². The smallest absolute Gasteiger partial charge is 0.307 e. The molecule has 0 spiro atoms. The van der Waals surface area contributed by atoms with Crippen molar-refractivity contribution in [1.29, 1.82) is 0 Å². The van der Waals surface area contributed by atoms with E-state index in [-0.39, 0.29) is 35.8 Å². The van der Waals surface area contributed by atoms with Crippen LogP contribution in [-0.2, 0) is 14.3 Å². The highest BCUT2D eigenvalue weighted by atomic mass is 32.2. The summed E-state index contributed by atoms with van der Waals surface area (Å²) >= 11 is 0.964.